The summed E-state index contributed by atoms with van der Waals surface area (Å²) < 4.78 is 10.9. The molecule has 1 saturated carbocycles. The summed E-state index contributed by atoms with van der Waals surface area (Å²) in [6, 6.07) is 4.58. The molecule has 0 spiro atoms. The van der Waals surface area contributed by atoms with Crippen molar-refractivity contribution in [2.75, 3.05) is 64.3 Å². The Morgan fingerprint density at radius 1 is 1.32 bits per heavy atom. The van der Waals surface area contributed by atoms with E-state index in [4.69, 9.17) is 9.47 Å². The van der Waals surface area contributed by atoms with Gasteiger partial charge in [-0.1, -0.05) is 17.9 Å². The lowest BCUT2D eigenvalue weighted by atomic mass is 10.1. The second kappa shape index (κ2) is 12.8. The first-order valence-electron chi connectivity index (χ1n) is 12.6. The molecule has 1 aliphatic carbocycles. The first kappa shape index (κ1) is 27.5. The van der Waals surface area contributed by atoms with Crippen LogP contribution in [-0.2, 0) is 11.3 Å². The third-order valence-electron chi connectivity index (χ3n) is 6.43. The number of hydrogen-bond donors (Lipinski definition) is 2. The van der Waals surface area contributed by atoms with E-state index < -0.39 is 12.3 Å². The number of rotatable bonds is 9. The van der Waals surface area contributed by atoms with Crippen molar-refractivity contribution in [3.05, 3.63) is 41.2 Å². The van der Waals surface area contributed by atoms with Gasteiger partial charge in [0.2, 0.25) is 0 Å². The fourth-order valence-corrected chi connectivity index (χ4v) is 3.91. The number of nitrogens with one attached hydrogen (secondary N) is 1. The molecule has 2 aliphatic rings. The second-order valence-corrected chi connectivity index (χ2v) is 9.48. The van der Waals surface area contributed by atoms with Gasteiger partial charge in [0, 0.05) is 58.5 Å². The van der Waals surface area contributed by atoms with Crippen LogP contribution in [0.4, 0.5) is 16.4 Å². The average Bonchev–Trinajstić information content (AvgIpc) is 3.74. The van der Waals surface area contributed by atoms with Crippen molar-refractivity contribution in [3.63, 3.8) is 0 Å². The molecule has 11 nitrogen and oxygen atoms in total. The van der Waals surface area contributed by atoms with Crippen LogP contribution >= 0.6 is 0 Å². The number of anilines is 2. The number of urea groups is 1. The van der Waals surface area contributed by atoms with E-state index in [0.29, 0.717) is 73.6 Å². The second-order valence-electron chi connectivity index (χ2n) is 9.48. The molecule has 1 atom stereocenters. The number of piperazine rings is 1. The predicted molar refractivity (Wildman–Crippen MR) is 142 cm³/mol. The highest BCUT2D eigenvalue weighted by molar-refractivity contribution is 6.00. The van der Waals surface area contributed by atoms with Gasteiger partial charge in [-0.2, -0.15) is 0 Å². The Morgan fingerprint density at radius 3 is 2.84 bits per heavy atom. The minimum absolute atomic E-state index is 0.221. The highest BCUT2D eigenvalue weighted by atomic mass is 16.5. The zero-order valence-corrected chi connectivity index (χ0v) is 22.0. The molecule has 0 radical (unpaired) electrons. The van der Waals surface area contributed by atoms with Crippen molar-refractivity contribution in [1.82, 2.24) is 19.8 Å². The van der Waals surface area contributed by atoms with Crippen LogP contribution in [0, 0.1) is 17.8 Å². The Labute approximate surface area is 222 Å². The van der Waals surface area contributed by atoms with Crippen LogP contribution in [0.3, 0.4) is 0 Å². The molecule has 1 aliphatic heterocycles. The molecule has 0 bridgehead atoms. The topological polar surface area (TPSA) is 120 Å². The first-order valence-corrected chi connectivity index (χ1v) is 12.6. The molecule has 3 heterocycles. The zero-order chi connectivity index (χ0) is 27.1. The molecule has 2 aromatic rings. The molecular formula is C27H34N6O5. The maximum Gasteiger partial charge on any atom is 0.328 e. The summed E-state index contributed by atoms with van der Waals surface area (Å²) in [4.78, 5) is 38.7. The van der Waals surface area contributed by atoms with E-state index in [2.05, 4.69) is 32.0 Å². The predicted octanol–water partition coefficient (Wildman–Crippen LogP) is 1.81. The van der Waals surface area contributed by atoms with E-state index in [-0.39, 0.29) is 5.69 Å². The van der Waals surface area contributed by atoms with Gasteiger partial charge in [0.15, 0.2) is 6.29 Å². The van der Waals surface area contributed by atoms with Gasteiger partial charge in [0.25, 0.3) is 0 Å². The third-order valence-corrected chi connectivity index (χ3v) is 6.43. The largest absolute Gasteiger partial charge is 0.490 e. The first-order chi connectivity index (χ1) is 18.4. The summed E-state index contributed by atoms with van der Waals surface area (Å²) in [5, 5.41) is 13.1. The summed E-state index contributed by atoms with van der Waals surface area (Å²) in [6.07, 6.45) is 3.85. The number of ether oxygens (including phenoxy) is 2. The Balaban J connectivity index is 1.44. The van der Waals surface area contributed by atoms with Crippen LogP contribution < -0.4 is 15.0 Å². The van der Waals surface area contributed by atoms with Crippen molar-refractivity contribution in [2.24, 2.45) is 5.92 Å². The average molecular weight is 523 g/mol. The van der Waals surface area contributed by atoms with Gasteiger partial charge in [0.05, 0.1) is 12.2 Å². The van der Waals surface area contributed by atoms with Gasteiger partial charge >= 0.3 is 6.03 Å². The molecule has 2 aromatic heterocycles. The number of β-amino-alcohol motifs (C(OH)–C–C–N with tert-alkyl or cyclic N) is 1. The van der Waals surface area contributed by atoms with Crippen LogP contribution in [0.1, 0.15) is 34.5 Å². The molecule has 4 rings (SSSR count). The van der Waals surface area contributed by atoms with Crippen LogP contribution in [0.2, 0.25) is 0 Å². The lowest BCUT2D eigenvalue weighted by molar-refractivity contribution is -0.0538. The Hall–Kier alpha value is -3.56. The van der Waals surface area contributed by atoms with E-state index in [0.717, 1.165) is 19.4 Å². The minimum atomic E-state index is -0.622. The quantitative estimate of drug-likeness (QED) is 0.289. The third kappa shape index (κ3) is 7.26. The van der Waals surface area contributed by atoms with Crippen LogP contribution in [0.25, 0.3) is 0 Å². The summed E-state index contributed by atoms with van der Waals surface area (Å²) in [7, 11) is 5.11. The molecular weight excluding hydrogens is 488 g/mol. The summed E-state index contributed by atoms with van der Waals surface area (Å²) in [5.74, 6) is 7.85. The van der Waals surface area contributed by atoms with Gasteiger partial charge in [0.1, 0.15) is 35.9 Å². The SMILES string of the molecule is COCCOc1cc(NC(=O)N(C)c2ccc(CN3CCN(C)CC3O)c(C=O)n2)ncc1C#CC1CC1. The number of likely N-dealkylation sites (N-methyl/N-ethyl adjacent to an activating group) is 1. The summed E-state index contributed by atoms with van der Waals surface area (Å²) in [5.41, 5.74) is 1.56. The molecule has 202 valence electrons. The lowest BCUT2D eigenvalue weighted by Crippen LogP contribution is -2.51. The number of hydrogen-bond acceptors (Lipinski definition) is 9. The fourth-order valence-electron chi connectivity index (χ4n) is 3.91. The normalized spacial score (nSPS) is 17.8. The maximum atomic E-state index is 13.0. The minimum Gasteiger partial charge on any atom is -0.490 e. The number of aliphatic hydroxyl groups is 1. The summed E-state index contributed by atoms with van der Waals surface area (Å²) >= 11 is 0. The number of methoxy groups -OCH3 is 1. The van der Waals surface area contributed by atoms with Gasteiger partial charge in [-0.3, -0.25) is 19.9 Å². The number of carbonyl (C=O) groups excluding carboxylic acids is 2. The highest BCUT2D eigenvalue weighted by Gasteiger charge is 2.24. The summed E-state index contributed by atoms with van der Waals surface area (Å²) in [6.45, 7) is 3.17. The van der Waals surface area contributed by atoms with Crippen LogP contribution in [0.15, 0.2) is 24.4 Å². The van der Waals surface area contributed by atoms with E-state index in [1.54, 1.807) is 38.6 Å². The number of aliphatic hydroxyl groups excluding tert-OH is 1. The van der Waals surface area contributed by atoms with E-state index in [9.17, 15) is 14.7 Å². The number of aldehydes is 1. The Morgan fingerprint density at radius 2 is 2.13 bits per heavy atom. The molecule has 2 amide bonds. The fraction of sp³-hybridized carbons (Fsp3) is 0.481. The molecule has 2 N–H and O–H groups in total. The van der Waals surface area contributed by atoms with Crippen molar-refractivity contribution >= 4 is 24.0 Å². The number of amides is 2. The van der Waals surface area contributed by atoms with E-state index >= 15 is 0 Å². The molecule has 1 unspecified atom stereocenters. The number of pyridine rings is 2. The van der Waals surface area contributed by atoms with E-state index in [1.807, 2.05) is 11.9 Å². The molecule has 0 aromatic carbocycles. The van der Waals surface area contributed by atoms with Crippen molar-refractivity contribution in [1.29, 1.82) is 0 Å². The standard InChI is InChI=1S/C27H34N6O5/c1-31-10-11-33(26(35)17-31)16-21-8-9-25(29-22(21)18-34)32(2)27(36)30-24-14-23(38-13-12-37-3)20(15-28-24)7-6-19-4-5-19/h8-9,14-15,18-19,26,35H,4-5,10-13,16-17H2,1-3H3,(H,28,30,36). The molecule has 1 saturated heterocycles. The van der Waals surface area contributed by atoms with Crippen molar-refractivity contribution in [3.8, 4) is 17.6 Å². The number of carbonyl (C=O) groups is 2. The van der Waals surface area contributed by atoms with Crippen LogP contribution in [-0.4, -0.2) is 97.5 Å². The van der Waals surface area contributed by atoms with Gasteiger partial charge in [-0.05, 0) is 31.5 Å². The monoisotopic (exact) mass is 522 g/mol. The Kier molecular flexibility index (Phi) is 9.25. The molecule has 2 fully saturated rings. The molecule has 11 heteroatoms. The number of aromatic nitrogens is 2. The lowest BCUT2D eigenvalue weighted by Gasteiger charge is -2.37. The smallest absolute Gasteiger partial charge is 0.328 e. The molecule has 38 heavy (non-hydrogen) atoms. The van der Waals surface area contributed by atoms with E-state index in [1.165, 1.54) is 4.90 Å². The van der Waals surface area contributed by atoms with Gasteiger partial charge in [-0.15, -0.1) is 0 Å². The zero-order valence-electron chi connectivity index (χ0n) is 22.0. The maximum absolute atomic E-state index is 13.0. The van der Waals surface area contributed by atoms with Crippen molar-refractivity contribution < 1.29 is 24.2 Å². The Bertz CT molecular complexity index is 1210. The number of nitrogens with zero attached hydrogens (tertiary/aromatic N) is 5. The van der Waals surface area contributed by atoms with Gasteiger partial charge < -0.3 is 19.5 Å². The highest BCUT2D eigenvalue weighted by Crippen LogP contribution is 2.28. The van der Waals surface area contributed by atoms with Gasteiger partial charge in [-0.25, -0.2) is 14.8 Å². The van der Waals surface area contributed by atoms with Crippen molar-refractivity contribution in [2.45, 2.75) is 25.6 Å². The van der Waals surface area contributed by atoms with Crippen LogP contribution in [0.5, 0.6) is 5.75 Å².